The molecule has 3 nitrogen and oxygen atoms in total. The summed E-state index contributed by atoms with van der Waals surface area (Å²) in [5.74, 6) is 6.63. The van der Waals surface area contributed by atoms with Crippen molar-refractivity contribution in [1.82, 2.24) is 4.90 Å². The normalized spacial score (nSPS) is 16.0. The van der Waals surface area contributed by atoms with Crippen molar-refractivity contribution in [3.63, 3.8) is 0 Å². The molecule has 1 heterocycles. The first kappa shape index (κ1) is 15.5. The lowest BCUT2D eigenvalue weighted by Gasteiger charge is -2.28. The number of hydrogen-bond acceptors (Lipinski definition) is 4. The van der Waals surface area contributed by atoms with Gasteiger partial charge in [-0.15, -0.1) is 11.3 Å². The Bertz CT molecular complexity index is 470. The van der Waals surface area contributed by atoms with Crippen LogP contribution in [0.25, 0.3) is 0 Å². The Labute approximate surface area is 125 Å². The highest BCUT2D eigenvalue weighted by atomic mass is 32.1. The Balaban J connectivity index is 2.04. The molecule has 1 N–H and O–H groups in total. The molecule has 110 valence electrons. The molecule has 1 unspecified atom stereocenters. The highest BCUT2D eigenvalue weighted by molar-refractivity contribution is 7.10. The van der Waals surface area contributed by atoms with E-state index in [0.717, 1.165) is 31.2 Å². The molecule has 4 heteroatoms. The van der Waals surface area contributed by atoms with Crippen LogP contribution in [0.5, 0.6) is 0 Å². The quantitative estimate of drug-likeness (QED) is 0.783. The van der Waals surface area contributed by atoms with Crippen LogP contribution < -0.4 is 0 Å². The van der Waals surface area contributed by atoms with Gasteiger partial charge in [0, 0.05) is 36.7 Å². The van der Waals surface area contributed by atoms with Crippen LogP contribution in [-0.4, -0.2) is 42.9 Å². The van der Waals surface area contributed by atoms with Crippen molar-refractivity contribution in [1.29, 1.82) is 0 Å². The van der Waals surface area contributed by atoms with Crippen molar-refractivity contribution >= 4 is 11.3 Å². The fraction of sp³-hybridized carbons (Fsp3) is 0.625. The van der Waals surface area contributed by atoms with E-state index in [0.29, 0.717) is 6.04 Å². The highest BCUT2D eigenvalue weighted by Gasteiger charge is 2.32. The largest absolute Gasteiger partial charge is 0.384 e. The third-order valence-corrected chi connectivity index (χ3v) is 4.76. The molecule has 1 fully saturated rings. The van der Waals surface area contributed by atoms with Crippen molar-refractivity contribution in [3.8, 4) is 11.8 Å². The molecular weight excluding hydrogens is 270 g/mol. The molecule has 0 spiro atoms. The van der Waals surface area contributed by atoms with E-state index < -0.39 is 0 Å². The van der Waals surface area contributed by atoms with Gasteiger partial charge in [-0.1, -0.05) is 11.8 Å². The van der Waals surface area contributed by atoms with Gasteiger partial charge in [-0.05, 0) is 37.1 Å². The fourth-order valence-corrected chi connectivity index (χ4v) is 3.26. The van der Waals surface area contributed by atoms with Gasteiger partial charge in [-0.3, -0.25) is 4.90 Å². The second-order valence-electron chi connectivity index (χ2n) is 5.26. The zero-order valence-corrected chi connectivity index (χ0v) is 13.1. The lowest BCUT2D eigenvalue weighted by Crippen LogP contribution is -2.36. The monoisotopic (exact) mass is 293 g/mol. The van der Waals surface area contributed by atoms with Gasteiger partial charge >= 0.3 is 0 Å². The van der Waals surface area contributed by atoms with Crippen LogP contribution in [0.1, 0.15) is 30.2 Å². The average Bonchev–Trinajstić information content (AvgIpc) is 3.21. The molecule has 0 amide bonds. The van der Waals surface area contributed by atoms with Gasteiger partial charge in [0.05, 0.1) is 6.61 Å². The zero-order valence-electron chi connectivity index (χ0n) is 12.3. The summed E-state index contributed by atoms with van der Waals surface area (Å²) in [5, 5.41) is 10.9. The van der Waals surface area contributed by atoms with E-state index in [-0.39, 0.29) is 6.61 Å². The van der Waals surface area contributed by atoms with E-state index in [2.05, 4.69) is 29.0 Å². The van der Waals surface area contributed by atoms with E-state index >= 15 is 0 Å². The van der Waals surface area contributed by atoms with Crippen LogP contribution in [-0.2, 0) is 11.3 Å². The smallest absolute Gasteiger partial charge is 0.104 e. The number of methoxy groups -OCH3 is 1. The minimum Gasteiger partial charge on any atom is -0.384 e. The minimum absolute atomic E-state index is 0.0822. The van der Waals surface area contributed by atoms with Crippen LogP contribution in [0.3, 0.4) is 0 Å². The lowest BCUT2D eigenvalue weighted by atomic mass is 10.1. The van der Waals surface area contributed by atoms with Crippen molar-refractivity contribution in [2.24, 2.45) is 5.92 Å². The first-order valence-electron chi connectivity index (χ1n) is 7.15. The predicted molar refractivity (Wildman–Crippen MR) is 82.8 cm³/mol. The number of aliphatic hydroxyl groups excluding tert-OH is 1. The zero-order chi connectivity index (χ0) is 14.4. The maximum atomic E-state index is 8.83. The number of aliphatic hydroxyl groups is 1. The number of rotatable bonds is 7. The molecule has 1 aliphatic rings. The molecule has 0 saturated heterocycles. The number of nitrogens with zero attached hydrogens (tertiary/aromatic N) is 1. The van der Waals surface area contributed by atoms with Gasteiger partial charge in [0.15, 0.2) is 0 Å². The van der Waals surface area contributed by atoms with Crippen molar-refractivity contribution < 1.29 is 9.84 Å². The van der Waals surface area contributed by atoms with E-state index in [1.165, 1.54) is 17.7 Å². The Kier molecular flexibility index (Phi) is 6.06. The first-order valence-corrected chi connectivity index (χ1v) is 8.03. The van der Waals surface area contributed by atoms with E-state index in [9.17, 15) is 0 Å². The maximum absolute atomic E-state index is 8.83. The summed E-state index contributed by atoms with van der Waals surface area (Å²) in [4.78, 5) is 3.78. The van der Waals surface area contributed by atoms with Crippen LogP contribution in [0.4, 0.5) is 0 Å². The van der Waals surface area contributed by atoms with E-state index in [1.54, 1.807) is 18.4 Å². The molecule has 0 aliphatic heterocycles. The van der Waals surface area contributed by atoms with Crippen LogP contribution >= 0.6 is 11.3 Å². The Morgan fingerprint density at radius 1 is 1.55 bits per heavy atom. The SMILES string of the molecule is COCCN(Cc1sccc1C#CCO)C(C)C1CC1. The summed E-state index contributed by atoms with van der Waals surface area (Å²) in [5.41, 5.74) is 1.05. The molecule has 1 aliphatic carbocycles. The minimum atomic E-state index is -0.0822. The predicted octanol–water partition coefficient (Wildman–Crippen LogP) is 2.34. The Morgan fingerprint density at radius 2 is 2.35 bits per heavy atom. The summed E-state index contributed by atoms with van der Waals surface area (Å²) in [6, 6.07) is 2.64. The topological polar surface area (TPSA) is 32.7 Å². The number of ether oxygens (including phenoxy) is 1. The molecule has 1 saturated carbocycles. The Hall–Kier alpha value is -0.860. The summed E-state index contributed by atoms with van der Waals surface area (Å²) >= 11 is 1.74. The number of thiophene rings is 1. The molecule has 20 heavy (non-hydrogen) atoms. The average molecular weight is 293 g/mol. The summed E-state index contributed by atoms with van der Waals surface area (Å²) < 4.78 is 5.24. The van der Waals surface area contributed by atoms with Crippen LogP contribution in [0, 0.1) is 17.8 Å². The molecule has 0 radical (unpaired) electrons. The van der Waals surface area contributed by atoms with Crippen LogP contribution in [0.2, 0.25) is 0 Å². The van der Waals surface area contributed by atoms with Gasteiger partial charge in [-0.2, -0.15) is 0 Å². The van der Waals surface area contributed by atoms with Gasteiger partial charge in [0.25, 0.3) is 0 Å². The van der Waals surface area contributed by atoms with Crippen molar-refractivity contribution in [2.75, 3.05) is 26.9 Å². The second-order valence-corrected chi connectivity index (χ2v) is 6.26. The molecule has 2 rings (SSSR count). The first-order chi connectivity index (χ1) is 9.76. The molecule has 1 aromatic rings. The molecule has 0 bridgehead atoms. The van der Waals surface area contributed by atoms with Gasteiger partial charge < -0.3 is 9.84 Å². The summed E-state index contributed by atoms with van der Waals surface area (Å²) in [7, 11) is 1.75. The molecule has 0 aromatic carbocycles. The van der Waals surface area contributed by atoms with Crippen LogP contribution in [0.15, 0.2) is 11.4 Å². The molecular formula is C16H23NO2S. The standard InChI is InChI=1S/C16H23NO2S/c1-13(14-5-6-14)17(8-10-19-2)12-16-15(4-3-9-18)7-11-20-16/h7,11,13-14,18H,5-6,8-10,12H2,1-2H3. The fourth-order valence-electron chi connectivity index (χ4n) is 2.41. The van der Waals surface area contributed by atoms with Gasteiger partial charge in [0.2, 0.25) is 0 Å². The van der Waals surface area contributed by atoms with Gasteiger partial charge in [-0.25, -0.2) is 0 Å². The van der Waals surface area contributed by atoms with E-state index in [1.807, 2.05) is 6.07 Å². The molecule has 1 atom stereocenters. The number of hydrogen-bond donors (Lipinski definition) is 1. The van der Waals surface area contributed by atoms with E-state index in [4.69, 9.17) is 9.84 Å². The lowest BCUT2D eigenvalue weighted by molar-refractivity contribution is 0.112. The van der Waals surface area contributed by atoms with Crippen molar-refractivity contribution in [3.05, 3.63) is 21.9 Å². The summed E-state index contributed by atoms with van der Waals surface area (Å²) in [6.07, 6.45) is 2.71. The van der Waals surface area contributed by atoms with Gasteiger partial charge in [0.1, 0.15) is 6.61 Å². The maximum Gasteiger partial charge on any atom is 0.104 e. The second kappa shape index (κ2) is 7.80. The van der Waals surface area contributed by atoms with Crippen molar-refractivity contribution in [2.45, 2.75) is 32.4 Å². The highest BCUT2D eigenvalue weighted by Crippen LogP contribution is 2.36. The molecule has 1 aromatic heterocycles. The third kappa shape index (κ3) is 4.32. The summed E-state index contributed by atoms with van der Waals surface area (Å²) in [6.45, 7) is 4.88. The third-order valence-electron chi connectivity index (χ3n) is 3.86. The Morgan fingerprint density at radius 3 is 3.00 bits per heavy atom.